The molecule has 2 aromatic rings. The molecule has 0 bridgehead atoms. The molecule has 1 aliphatic heterocycles. The Morgan fingerprint density at radius 2 is 2.00 bits per heavy atom. The van der Waals surface area contributed by atoms with Crippen LogP contribution in [0.1, 0.15) is 24.4 Å². The molecule has 0 spiro atoms. The zero-order chi connectivity index (χ0) is 21.3. The number of furan rings is 1. The van der Waals surface area contributed by atoms with E-state index >= 15 is 0 Å². The number of benzene rings is 1. The number of ether oxygens (including phenoxy) is 2. The van der Waals surface area contributed by atoms with Crippen molar-refractivity contribution in [3.63, 3.8) is 0 Å². The average Bonchev–Trinajstić information content (AvgIpc) is 3.32. The van der Waals surface area contributed by atoms with Crippen molar-refractivity contribution in [2.24, 2.45) is 4.99 Å². The molecule has 2 heterocycles. The van der Waals surface area contributed by atoms with Gasteiger partial charge in [0.2, 0.25) is 0 Å². The number of piperazine rings is 1. The van der Waals surface area contributed by atoms with Crippen molar-refractivity contribution in [1.82, 2.24) is 15.1 Å². The van der Waals surface area contributed by atoms with Crippen LogP contribution in [0.15, 0.2) is 46.0 Å². The number of aliphatic hydroxyl groups excluding tert-OH is 1. The van der Waals surface area contributed by atoms with E-state index in [4.69, 9.17) is 13.9 Å². The second kappa shape index (κ2) is 10.9. The summed E-state index contributed by atoms with van der Waals surface area (Å²) in [6, 6.07) is 9.43. The third-order valence-electron chi connectivity index (χ3n) is 5.17. The molecule has 0 amide bonds. The highest BCUT2D eigenvalue weighted by Gasteiger charge is 2.21. The lowest BCUT2D eigenvalue weighted by atomic mass is 10.1. The minimum atomic E-state index is -0.740. The van der Waals surface area contributed by atoms with Crippen molar-refractivity contribution in [3.05, 3.63) is 47.9 Å². The van der Waals surface area contributed by atoms with E-state index in [2.05, 4.69) is 20.1 Å². The van der Waals surface area contributed by atoms with Crippen LogP contribution in [0.3, 0.4) is 0 Å². The Morgan fingerprint density at radius 3 is 2.63 bits per heavy atom. The van der Waals surface area contributed by atoms with Crippen LogP contribution in [0.5, 0.6) is 11.5 Å². The number of hydrogen-bond donors (Lipinski definition) is 2. The summed E-state index contributed by atoms with van der Waals surface area (Å²) in [6.07, 6.45) is 0.819. The predicted octanol–water partition coefficient (Wildman–Crippen LogP) is 2.11. The SMILES string of the molecule is CCNC(=NCC(O)c1ccco1)N1CCN(Cc2cc(OC)ccc2OC)CC1. The van der Waals surface area contributed by atoms with Gasteiger partial charge in [-0.2, -0.15) is 0 Å². The number of nitrogens with one attached hydrogen (secondary N) is 1. The lowest BCUT2D eigenvalue weighted by Crippen LogP contribution is -2.52. The first kappa shape index (κ1) is 22.0. The van der Waals surface area contributed by atoms with E-state index in [-0.39, 0.29) is 6.54 Å². The molecular weight excluding hydrogens is 384 g/mol. The van der Waals surface area contributed by atoms with Crippen LogP contribution in [0, 0.1) is 0 Å². The Balaban J connectivity index is 1.58. The van der Waals surface area contributed by atoms with Crippen molar-refractivity contribution < 1.29 is 19.0 Å². The minimum absolute atomic E-state index is 0.261. The highest BCUT2D eigenvalue weighted by atomic mass is 16.5. The van der Waals surface area contributed by atoms with E-state index < -0.39 is 6.10 Å². The summed E-state index contributed by atoms with van der Waals surface area (Å²) in [5.74, 6) is 3.06. The number of rotatable bonds is 8. The summed E-state index contributed by atoms with van der Waals surface area (Å²) in [7, 11) is 3.37. The van der Waals surface area contributed by atoms with Crippen LogP contribution in [0.4, 0.5) is 0 Å². The molecule has 1 unspecified atom stereocenters. The third-order valence-corrected chi connectivity index (χ3v) is 5.17. The summed E-state index contributed by atoms with van der Waals surface area (Å²) in [4.78, 5) is 9.25. The van der Waals surface area contributed by atoms with Crippen molar-refractivity contribution in [2.75, 3.05) is 53.5 Å². The van der Waals surface area contributed by atoms with Crippen LogP contribution in [-0.4, -0.2) is 74.4 Å². The van der Waals surface area contributed by atoms with E-state index in [9.17, 15) is 5.11 Å². The number of hydrogen-bond acceptors (Lipinski definition) is 6. The number of guanidine groups is 1. The van der Waals surface area contributed by atoms with Gasteiger partial charge in [-0.15, -0.1) is 0 Å². The Bertz CT molecular complexity index is 801. The molecule has 0 radical (unpaired) electrons. The Hall–Kier alpha value is -2.71. The van der Waals surface area contributed by atoms with Crippen molar-refractivity contribution in [2.45, 2.75) is 19.6 Å². The van der Waals surface area contributed by atoms with Crippen LogP contribution in [0.2, 0.25) is 0 Å². The van der Waals surface area contributed by atoms with E-state index in [0.717, 1.165) is 62.3 Å². The Morgan fingerprint density at radius 1 is 1.20 bits per heavy atom. The molecule has 164 valence electrons. The maximum Gasteiger partial charge on any atom is 0.194 e. The molecule has 30 heavy (non-hydrogen) atoms. The first-order valence-electron chi connectivity index (χ1n) is 10.3. The second-order valence-electron chi connectivity index (χ2n) is 7.17. The zero-order valence-corrected chi connectivity index (χ0v) is 18.0. The third kappa shape index (κ3) is 5.67. The maximum absolute atomic E-state index is 10.2. The molecule has 1 aromatic carbocycles. The number of methoxy groups -OCH3 is 2. The molecule has 8 heteroatoms. The molecule has 2 N–H and O–H groups in total. The fourth-order valence-electron chi connectivity index (χ4n) is 3.53. The summed E-state index contributed by atoms with van der Waals surface area (Å²) in [6.45, 7) is 7.41. The normalized spacial score (nSPS) is 16.4. The Kier molecular flexibility index (Phi) is 7.98. The van der Waals surface area contributed by atoms with Crippen molar-refractivity contribution in [3.8, 4) is 11.5 Å². The predicted molar refractivity (Wildman–Crippen MR) is 116 cm³/mol. The van der Waals surface area contributed by atoms with E-state index in [1.807, 2.05) is 25.1 Å². The highest BCUT2D eigenvalue weighted by Crippen LogP contribution is 2.25. The molecule has 0 aliphatic carbocycles. The summed E-state index contributed by atoms with van der Waals surface area (Å²) < 4.78 is 16.1. The Labute approximate surface area is 178 Å². The number of aliphatic imine (C=N–C) groups is 1. The fraction of sp³-hybridized carbons (Fsp3) is 0.500. The van der Waals surface area contributed by atoms with Gasteiger partial charge < -0.3 is 29.2 Å². The fourth-order valence-corrected chi connectivity index (χ4v) is 3.53. The van der Waals surface area contributed by atoms with E-state index in [1.165, 1.54) is 0 Å². The quantitative estimate of drug-likeness (QED) is 0.504. The highest BCUT2D eigenvalue weighted by molar-refractivity contribution is 5.80. The molecule has 3 rings (SSSR count). The van der Waals surface area contributed by atoms with Gasteiger partial charge in [0.1, 0.15) is 23.4 Å². The monoisotopic (exact) mass is 416 g/mol. The molecule has 1 aliphatic rings. The lowest BCUT2D eigenvalue weighted by molar-refractivity contribution is 0.155. The second-order valence-corrected chi connectivity index (χ2v) is 7.17. The van der Waals surface area contributed by atoms with Crippen LogP contribution in [0.25, 0.3) is 0 Å². The van der Waals surface area contributed by atoms with Gasteiger partial charge in [0.25, 0.3) is 0 Å². The van der Waals surface area contributed by atoms with Gasteiger partial charge >= 0.3 is 0 Å². The topological polar surface area (TPSA) is 82.7 Å². The van der Waals surface area contributed by atoms with Crippen molar-refractivity contribution >= 4 is 5.96 Å². The average molecular weight is 417 g/mol. The number of aliphatic hydroxyl groups is 1. The summed E-state index contributed by atoms with van der Waals surface area (Å²) >= 11 is 0. The summed E-state index contributed by atoms with van der Waals surface area (Å²) in [5, 5.41) is 13.6. The molecule has 8 nitrogen and oxygen atoms in total. The van der Waals surface area contributed by atoms with Gasteiger partial charge in [-0.05, 0) is 37.3 Å². The van der Waals surface area contributed by atoms with Crippen molar-refractivity contribution in [1.29, 1.82) is 0 Å². The minimum Gasteiger partial charge on any atom is -0.497 e. The molecule has 1 saturated heterocycles. The zero-order valence-electron chi connectivity index (χ0n) is 18.0. The van der Waals surface area contributed by atoms with Gasteiger partial charge in [-0.25, -0.2) is 4.99 Å². The van der Waals surface area contributed by atoms with Crippen LogP contribution in [-0.2, 0) is 6.54 Å². The molecule has 1 atom stereocenters. The standard InChI is InChI=1S/C22H32N4O4/c1-4-23-22(24-15-19(27)21-6-5-13-30-21)26-11-9-25(10-12-26)16-17-14-18(28-2)7-8-20(17)29-3/h5-8,13-14,19,27H,4,9-12,15-16H2,1-3H3,(H,23,24). The lowest BCUT2D eigenvalue weighted by Gasteiger charge is -2.36. The molecular formula is C22H32N4O4. The van der Waals surface area contributed by atoms with Crippen LogP contribution >= 0.6 is 0 Å². The van der Waals surface area contributed by atoms with Gasteiger partial charge in [0.15, 0.2) is 5.96 Å². The van der Waals surface area contributed by atoms with Gasteiger partial charge in [0, 0.05) is 44.8 Å². The first-order chi connectivity index (χ1) is 14.6. The molecule has 1 aromatic heterocycles. The van der Waals surface area contributed by atoms with E-state index in [0.29, 0.717) is 5.76 Å². The number of nitrogens with zero attached hydrogens (tertiary/aromatic N) is 3. The van der Waals surface area contributed by atoms with Gasteiger partial charge in [-0.3, -0.25) is 4.90 Å². The van der Waals surface area contributed by atoms with E-state index in [1.54, 1.807) is 32.6 Å². The molecule has 1 fully saturated rings. The summed E-state index contributed by atoms with van der Waals surface area (Å²) in [5.41, 5.74) is 1.12. The first-order valence-corrected chi connectivity index (χ1v) is 10.3. The smallest absolute Gasteiger partial charge is 0.194 e. The van der Waals surface area contributed by atoms with Gasteiger partial charge in [-0.1, -0.05) is 0 Å². The molecule has 0 saturated carbocycles. The maximum atomic E-state index is 10.2. The largest absolute Gasteiger partial charge is 0.497 e. The van der Waals surface area contributed by atoms with Gasteiger partial charge in [0.05, 0.1) is 27.0 Å². The van der Waals surface area contributed by atoms with Crippen LogP contribution < -0.4 is 14.8 Å².